The molecule has 5 heteroatoms. The molecule has 2 unspecified atom stereocenters. The van der Waals surface area contributed by atoms with E-state index in [1.165, 1.54) is 0 Å². The van der Waals surface area contributed by atoms with E-state index in [0.717, 1.165) is 31.7 Å². The summed E-state index contributed by atoms with van der Waals surface area (Å²) in [5.41, 5.74) is 0.401. The zero-order valence-corrected chi connectivity index (χ0v) is 10.2. The zero-order chi connectivity index (χ0) is 13.1. The van der Waals surface area contributed by atoms with Crippen LogP contribution in [0.15, 0.2) is 12.1 Å². The van der Waals surface area contributed by atoms with Gasteiger partial charge in [-0.3, -0.25) is 0 Å². The molecule has 0 bridgehead atoms. The van der Waals surface area contributed by atoms with Crippen LogP contribution >= 0.6 is 0 Å². The Balaban J connectivity index is 1.87. The number of ether oxygens (including phenoxy) is 1. The Morgan fingerprint density at radius 1 is 1.28 bits per heavy atom. The molecule has 1 aromatic carbocycles. The van der Waals surface area contributed by atoms with Crippen LogP contribution in [0.3, 0.4) is 0 Å². The van der Waals surface area contributed by atoms with Gasteiger partial charge in [-0.05, 0) is 37.0 Å². The number of benzene rings is 1. The highest BCUT2D eigenvalue weighted by atomic mass is 19.2. The number of nitrogens with one attached hydrogen (secondary N) is 1. The molecule has 2 atom stereocenters. The fourth-order valence-electron chi connectivity index (χ4n) is 2.16. The van der Waals surface area contributed by atoms with Gasteiger partial charge in [0.2, 0.25) is 0 Å². The topological polar surface area (TPSA) is 21.3 Å². The van der Waals surface area contributed by atoms with Gasteiger partial charge in [-0.2, -0.15) is 0 Å². The molecule has 100 valence electrons. The monoisotopic (exact) mass is 259 g/mol. The highest BCUT2D eigenvalue weighted by Gasteiger charge is 2.23. The maximum Gasteiger partial charge on any atom is 0.194 e. The lowest BCUT2D eigenvalue weighted by Crippen LogP contribution is -2.26. The average molecular weight is 259 g/mol. The molecule has 0 aliphatic carbocycles. The van der Waals surface area contributed by atoms with Gasteiger partial charge in [-0.1, -0.05) is 0 Å². The summed E-state index contributed by atoms with van der Waals surface area (Å²) in [5, 5.41) is 3.11. The van der Waals surface area contributed by atoms with Crippen LogP contribution in [0.5, 0.6) is 0 Å². The van der Waals surface area contributed by atoms with E-state index in [4.69, 9.17) is 4.74 Å². The molecule has 18 heavy (non-hydrogen) atoms. The first-order chi connectivity index (χ1) is 8.58. The lowest BCUT2D eigenvalue weighted by atomic mass is 10.0. The number of rotatable bonds is 4. The number of hydrogen-bond donors (Lipinski definition) is 1. The highest BCUT2D eigenvalue weighted by molar-refractivity contribution is 5.19. The predicted molar refractivity (Wildman–Crippen MR) is 61.5 cm³/mol. The van der Waals surface area contributed by atoms with Crippen molar-refractivity contribution < 1.29 is 17.9 Å². The van der Waals surface area contributed by atoms with Gasteiger partial charge in [0.25, 0.3) is 0 Å². The molecule has 2 rings (SSSR count). The van der Waals surface area contributed by atoms with Gasteiger partial charge in [0.15, 0.2) is 17.5 Å². The van der Waals surface area contributed by atoms with E-state index in [1.54, 1.807) is 0 Å². The van der Waals surface area contributed by atoms with Crippen molar-refractivity contribution in [2.75, 3.05) is 13.2 Å². The van der Waals surface area contributed by atoms with Crippen LogP contribution in [-0.2, 0) is 11.3 Å². The van der Waals surface area contributed by atoms with Crippen molar-refractivity contribution in [2.45, 2.75) is 26.0 Å². The van der Waals surface area contributed by atoms with Crippen molar-refractivity contribution in [1.29, 1.82) is 0 Å². The van der Waals surface area contributed by atoms with E-state index in [-0.39, 0.29) is 6.10 Å². The molecule has 1 fully saturated rings. The van der Waals surface area contributed by atoms with E-state index in [1.807, 2.05) is 6.92 Å². The largest absolute Gasteiger partial charge is 0.378 e. The molecule has 0 amide bonds. The summed E-state index contributed by atoms with van der Waals surface area (Å²) in [4.78, 5) is 0. The molecule has 0 saturated carbocycles. The minimum Gasteiger partial charge on any atom is -0.378 e. The smallest absolute Gasteiger partial charge is 0.194 e. The molecule has 1 heterocycles. The maximum absolute atomic E-state index is 13.0. The third kappa shape index (κ3) is 3.03. The second-order valence-corrected chi connectivity index (χ2v) is 4.63. The van der Waals surface area contributed by atoms with Gasteiger partial charge in [0.1, 0.15) is 0 Å². The van der Waals surface area contributed by atoms with E-state index >= 15 is 0 Å². The van der Waals surface area contributed by atoms with Gasteiger partial charge in [0.05, 0.1) is 6.10 Å². The first-order valence-electron chi connectivity index (χ1n) is 6.03. The Labute approximate surface area is 104 Å². The number of halogens is 3. The van der Waals surface area contributed by atoms with Crippen molar-refractivity contribution >= 4 is 0 Å². The summed E-state index contributed by atoms with van der Waals surface area (Å²) in [6, 6.07) is 2.03. The van der Waals surface area contributed by atoms with E-state index in [0.29, 0.717) is 18.0 Å². The molecule has 1 aliphatic heterocycles. The predicted octanol–water partition coefficient (Wildman–Crippen LogP) is 2.62. The Kier molecular flexibility index (Phi) is 4.24. The zero-order valence-electron chi connectivity index (χ0n) is 10.2. The van der Waals surface area contributed by atoms with Gasteiger partial charge < -0.3 is 10.1 Å². The Morgan fingerprint density at radius 3 is 2.50 bits per heavy atom. The van der Waals surface area contributed by atoms with Crippen LogP contribution < -0.4 is 5.32 Å². The Bertz CT molecular complexity index is 402. The average Bonchev–Trinajstić information content (AvgIpc) is 2.72. The van der Waals surface area contributed by atoms with Crippen molar-refractivity contribution in [3.8, 4) is 0 Å². The van der Waals surface area contributed by atoms with Crippen LogP contribution in [0.25, 0.3) is 0 Å². The van der Waals surface area contributed by atoms with E-state index in [9.17, 15) is 13.2 Å². The molecule has 1 N–H and O–H groups in total. The van der Waals surface area contributed by atoms with Gasteiger partial charge in [-0.15, -0.1) is 0 Å². The van der Waals surface area contributed by atoms with Crippen molar-refractivity contribution in [1.82, 2.24) is 5.32 Å². The number of hydrogen-bond acceptors (Lipinski definition) is 2. The normalized spacial score (nSPS) is 23.6. The minimum atomic E-state index is -1.42. The molecule has 0 aromatic heterocycles. The highest BCUT2D eigenvalue weighted by Crippen LogP contribution is 2.19. The van der Waals surface area contributed by atoms with Gasteiger partial charge in [-0.25, -0.2) is 13.2 Å². The second-order valence-electron chi connectivity index (χ2n) is 4.63. The lowest BCUT2D eigenvalue weighted by Gasteiger charge is -2.14. The van der Waals surface area contributed by atoms with Crippen LogP contribution in [0, 0.1) is 23.4 Å². The summed E-state index contributed by atoms with van der Waals surface area (Å²) in [5.74, 6) is -3.30. The van der Waals surface area contributed by atoms with E-state index in [2.05, 4.69) is 5.32 Å². The lowest BCUT2D eigenvalue weighted by molar-refractivity contribution is 0.105. The third-order valence-electron chi connectivity index (χ3n) is 3.31. The maximum atomic E-state index is 13.0. The summed E-state index contributed by atoms with van der Waals surface area (Å²) in [6.07, 6.45) is 1.19. The van der Waals surface area contributed by atoms with Crippen molar-refractivity contribution in [2.24, 2.45) is 5.92 Å². The molecule has 0 radical (unpaired) electrons. The minimum absolute atomic E-state index is 0.208. The first kappa shape index (κ1) is 13.4. The summed E-state index contributed by atoms with van der Waals surface area (Å²) < 4.78 is 44.1. The second kappa shape index (κ2) is 5.71. The Morgan fingerprint density at radius 2 is 1.94 bits per heavy atom. The summed E-state index contributed by atoms with van der Waals surface area (Å²) in [7, 11) is 0. The van der Waals surface area contributed by atoms with Crippen LogP contribution in [0.2, 0.25) is 0 Å². The quantitative estimate of drug-likeness (QED) is 0.839. The molecular weight excluding hydrogens is 243 g/mol. The fraction of sp³-hybridized carbons (Fsp3) is 0.538. The third-order valence-corrected chi connectivity index (χ3v) is 3.31. The van der Waals surface area contributed by atoms with Gasteiger partial charge >= 0.3 is 0 Å². The molecular formula is C13H16F3NO. The van der Waals surface area contributed by atoms with Crippen molar-refractivity contribution in [3.63, 3.8) is 0 Å². The standard InChI is InChI=1S/C13H16F3NO/c1-8-10(2-3-18-8)7-17-6-9-4-11(14)13(16)12(15)5-9/h4-5,8,10,17H,2-3,6-7H2,1H3. The fourth-order valence-corrected chi connectivity index (χ4v) is 2.16. The molecule has 0 spiro atoms. The molecule has 1 aliphatic rings. The van der Waals surface area contributed by atoms with Crippen molar-refractivity contribution in [3.05, 3.63) is 35.1 Å². The molecule has 2 nitrogen and oxygen atoms in total. The van der Waals surface area contributed by atoms with Crippen LogP contribution in [0.4, 0.5) is 13.2 Å². The van der Waals surface area contributed by atoms with Crippen LogP contribution in [0.1, 0.15) is 18.9 Å². The van der Waals surface area contributed by atoms with Gasteiger partial charge in [0, 0.05) is 19.7 Å². The van der Waals surface area contributed by atoms with Crippen LogP contribution in [-0.4, -0.2) is 19.3 Å². The summed E-state index contributed by atoms with van der Waals surface area (Å²) >= 11 is 0. The molecule has 1 saturated heterocycles. The Hall–Kier alpha value is -1.07. The first-order valence-corrected chi connectivity index (χ1v) is 6.03. The molecule has 1 aromatic rings. The summed E-state index contributed by atoms with van der Waals surface area (Å²) in [6.45, 7) is 3.81. The SMILES string of the molecule is CC1OCCC1CNCc1cc(F)c(F)c(F)c1. The van der Waals surface area contributed by atoms with E-state index < -0.39 is 17.5 Å².